The molecule has 2 atom stereocenters. The Bertz CT molecular complexity index is 489. The van der Waals surface area contributed by atoms with E-state index in [1.807, 2.05) is 29.7 Å². The number of hydrogen-bond donors (Lipinski definition) is 0. The first kappa shape index (κ1) is 7.97. The van der Waals surface area contributed by atoms with E-state index in [0.717, 1.165) is 11.3 Å². The number of fused-ring (bicyclic) bond motifs is 1. The molecule has 2 aromatic rings. The minimum absolute atomic E-state index is 0.0271. The first-order valence-corrected chi connectivity index (χ1v) is 4.83. The van der Waals surface area contributed by atoms with Crippen molar-refractivity contribution in [2.75, 3.05) is 0 Å². The van der Waals surface area contributed by atoms with Gasteiger partial charge in [0, 0.05) is 6.20 Å². The van der Waals surface area contributed by atoms with E-state index in [1.165, 1.54) is 5.56 Å². The van der Waals surface area contributed by atoms with Gasteiger partial charge in [-0.15, -0.1) is 0 Å². The zero-order valence-corrected chi connectivity index (χ0v) is 7.94. The summed E-state index contributed by atoms with van der Waals surface area (Å²) < 4.78 is 14.9. The lowest BCUT2D eigenvalue weighted by Gasteiger charge is -2.00. The van der Waals surface area contributed by atoms with E-state index in [2.05, 4.69) is 4.98 Å². The highest BCUT2D eigenvalue weighted by atomic mass is 19.1. The third kappa shape index (κ3) is 1.05. The molecule has 0 radical (unpaired) electrons. The molecule has 2 aromatic heterocycles. The topological polar surface area (TPSA) is 17.3 Å². The highest BCUT2D eigenvalue weighted by molar-refractivity contribution is 5.47. The zero-order valence-electron chi connectivity index (χ0n) is 7.94. The molecule has 0 aliphatic heterocycles. The standard InChI is InChI=1S/C11H11FN2/c1-7-2-3-8-5-13-11(14(8)6-7)9-4-10(9)12/h2-3,5-6,9-10H,4H2,1H3/t9-,10+/m1/s1. The van der Waals surface area contributed by atoms with Gasteiger partial charge in [-0.2, -0.15) is 0 Å². The number of halogens is 1. The lowest BCUT2D eigenvalue weighted by atomic mass is 10.3. The predicted octanol–water partition coefficient (Wildman–Crippen LogP) is 2.47. The average molecular weight is 190 g/mol. The fourth-order valence-electron chi connectivity index (χ4n) is 1.82. The van der Waals surface area contributed by atoms with Gasteiger partial charge in [-0.25, -0.2) is 9.37 Å². The maximum atomic E-state index is 12.9. The number of hydrogen-bond acceptors (Lipinski definition) is 1. The van der Waals surface area contributed by atoms with Crippen molar-refractivity contribution in [3.8, 4) is 0 Å². The fraction of sp³-hybridized carbons (Fsp3) is 0.364. The van der Waals surface area contributed by atoms with Gasteiger partial charge in [0.15, 0.2) is 0 Å². The first-order chi connectivity index (χ1) is 6.75. The molecule has 0 saturated heterocycles. The Morgan fingerprint density at radius 1 is 1.50 bits per heavy atom. The number of imidazole rings is 1. The van der Waals surface area contributed by atoms with Gasteiger partial charge in [0.2, 0.25) is 0 Å². The second kappa shape index (κ2) is 2.56. The Balaban J connectivity index is 2.19. The van der Waals surface area contributed by atoms with E-state index >= 15 is 0 Å². The molecule has 0 unspecified atom stereocenters. The van der Waals surface area contributed by atoms with E-state index in [4.69, 9.17) is 0 Å². The van der Waals surface area contributed by atoms with Crippen LogP contribution in [0.25, 0.3) is 5.52 Å². The van der Waals surface area contributed by atoms with E-state index in [-0.39, 0.29) is 5.92 Å². The van der Waals surface area contributed by atoms with Crippen molar-refractivity contribution >= 4 is 5.52 Å². The van der Waals surface area contributed by atoms with Gasteiger partial charge in [0.25, 0.3) is 0 Å². The molecule has 1 aliphatic rings. The molecule has 14 heavy (non-hydrogen) atoms. The van der Waals surface area contributed by atoms with Crippen LogP contribution in [0.2, 0.25) is 0 Å². The second-order valence-corrected chi connectivity index (χ2v) is 3.98. The van der Waals surface area contributed by atoms with Gasteiger partial charge in [-0.3, -0.25) is 0 Å². The summed E-state index contributed by atoms with van der Waals surface area (Å²) in [5.74, 6) is 0.899. The number of aromatic nitrogens is 2. The predicted molar refractivity (Wildman–Crippen MR) is 52.2 cm³/mol. The summed E-state index contributed by atoms with van der Waals surface area (Å²) in [6, 6.07) is 4.06. The van der Waals surface area contributed by atoms with E-state index in [1.54, 1.807) is 6.20 Å². The van der Waals surface area contributed by atoms with Crippen LogP contribution in [0.3, 0.4) is 0 Å². The molecule has 72 valence electrons. The molecule has 0 N–H and O–H groups in total. The number of nitrogens with zero attached hydrogens (tertiary/aromatic N) is 2. The normalized spacial score (nSPS) is 25.6. The maximum Gasteiger partial charge on any atom is 0.119 e. The Labute approximate surface area is 81.4 Å². The van der Waals surface area contributed by atoms with Crippen LogP contribution in [0.4, 0.5) is 4.39 Å². The van der Waals surface area contributed by atoms with Crippen LogP contribution in [-0.4, -0.2) is 15.6 Å². The van der Waals surface area contributed by atoms with Gasteiger partial charge in [-0.05, 0) is 25.0 Å². The van der Waals surface area contributed by atoms with Gasteiger partial charge in [0.1, 0.15) is 12.0 Å². The minimum Gasteiger partial charge on any atom is -0.303 e. The molecule has 2 heterocycles. The molecule has 3 heteroatoms. The summed E-state index contributed by atoms with van der Waals surface area (Å²) in [5, 5.41) is 0. The summed E-state index contributed by atoms with van der Waals surface area (Å²) in [6.07, 6.45) is 3.77. The van der Waals surface area contributed by atoms with Crippen molar-refractivity contribution in [3.05, 3.63) is 35.9 Å². The number of rotatable bonds is 1. The van der Waals surface area contributed by atoms with Crippen molar-refractivity contribution in [3.63, 3.8) is 0 Å². The number of alkyl halides is 1. The SMILES string of the molecule is Cc1ccc2cnc([C@@H]3C[C@@H]3F)n2c1. The zero-order chi connectivity index (χ0) is 9.71. The van der Waals surface area contributed by atoms with E-state index in [9.17, 15) is 4.39 Å². The van der Waals surface area contributed by atoms with Crippen molar-refractivity contribution in [1.82, 2.24) is 9.38 Å². The maximum absolute atomic E-state index is 12.9. The molecule has 1 aliphatic carbocycles. The molecule has 0 amide bonds. The van der Waals surface area contributed by atoms with Crippen molar-refractivity contribution in [2.45, 2.75) is 25.4 Å². The Morgan fingerprint density at radius 2 is 2.29 bits per heavy atom. The average Bonchev–Trinajstić information content (AvgIpc) is 2.75. The number of pyridine rings is 1. The molecule has 0 bridgehead atoms. The second-order valence-electron chi connectivity index (χ2n) is 3.98. The molecule has 0 aromatic carbocycles. The molecule has 1 saturated carbocycles. The van der Waals surface area contributed by atoms with E-state index in [0.29, 0.717) is 6.42 Å². The molecular weight excluding hydrogens is 179 g/mol. The third-order valence-corrected chi connectivity index (χ3v) is 2.75. The molecule has 0 spiro atoms. The number of aryl methyl sites for hydroxylation is 1. The van der Waals surface area contributed by atoms with Gasteiger partial charge >= 0.3 is 0 Å². The van der Waals surface area contributed by atoms with Gasteiger partial charge in [0.05, 0.1) is 17.6 Å². The van der Waals surface area contributed by atoms with Gasteiger partial charge in [-0.1, -0.05) is 6.07 Å². The van der Waals surface area contributed by atoms with Crippen LogP contribution < -0.4 is 0 Å². The fourth-order valence-corrected chi connectivity index (χ4v) is 1.82. The highest BCUT2D eigenvalue weighted by Gasteiger charge is 2.41. The monoisotopic (exact) mass is 190 g/mol. The van der Waals surface area contributed by atoms with Crippen LogP contribution in [-0.2, 0) is 0 Å². The van der Waals surface area contributed by atoms with Crippen molar-refractivity contribution in [1.29, 1.82) is 0 Å². The van der Waals surface area contributed by atoms with Crippen molar-refractivity contribution in [2.24, 2.45) is 0 Å². The molecule has 1 fully saturated rings. The van der Waals surface area contributed by atoms with Crippen molar-refractivity contribution < 1.29 is 4.39 Å². The smallest absolute Gasteiger partial charge is 0.119 e. The van der Waals surface area contributed by atoms with Crippen LogP contribution in [0.15, 0.2) is 24.5 Å². The summed E-state index contributed by atoms with van der Waals surface area (Å²) in [5.41, 5.74) is 2.22. The highest BCUT2D eigenvalue weighted by Crippen LogP contribution is 2.42. The summed E-state index contributed by atoms with van der Waals surface area (Å²) in [4.78, 5) is 4.27. The first-order valence-electron chi connectivity index (χ1n) is 4.83. The third-order valence-electron chi connectivity index (χ3n) is 2.75. The van der Waals surface area contributed by atoms with E-state index < -0.39 is 6.17 Å². The summed E-state index contributed by atoms with van der Waals surface area (Å²) >= 11 is 0. The summed E-state index contributed by atoms with van der Waals surface area (Å²) in [7, 11) is 0. The van der Waals surface area contributed by atoms with Gasteiger partial charge < -0.3 is 4.40 Å². The van der Waals surface area contributed by atoms with Crippen LogP contribution >= 0.6 is 0 Å². The molecule has 2 nitrogen and oxygen atoms in total. The van der Waals surface area contributed by atoms with Crippen LogP contribution in [0, 0.1) is 6.92 Å². The largest absolute Gasteiger partial charge is 0.303 e. The molecular formula is C11H11FN2. The van der Waals surface area contributed by atoms with Crippen LogP contribution in [0.1, 0.15) is 23.7 Å². The lowest BCUT2D eigenvalue weighted by molar-refractivity contribution is 0.464. The molecule has 3 rings (SSSR count). The summed E-state index contributed by atoms with van der Waals surface area (Å²) in [6.45, 7) is 2.03. The quantitative estimate of drug-likeness (QED) is 0.675. The van der Waals surface area contributed by atoms with Crippen LogP contribution in [0.5, 0.6) is 0 Å². The lowest BCUT2D eigenvalue weighted by Crippen LogP contribution is -1.94. The Hall–Kier alpha value is -1.38. The minimum atomic E-state index is -0.680. The Kier molecular flexibility index (Phi) is 1.46. The Morgan fingerprint density at radius 3 is 3.00 bits per heavy atom.